The van der Waals surface area contributed by atoms with Gasteiger partial charge in [-0.1, -0.05) is 18.2 Å². The third kappa shape index (κ3) is 10.4. The molecule has 4 heterocycles. The molecule has 6 rings (SSSR count). The number of para-hydroxylation sites is 1. The van der Waals surface area contributed by atoms with Crippen molar-refractivity contribution in [3.8, 4) is 17.5 Å². The molecular weight excluding hydrogens is 773 g/mol. The highest BCUT2D eigenvalue weighted by molar-refractivity contribution is 7.90. The van der Waals surface area contributed by atoms with Gasteiger partial charge in [-0.25, -0.2) is 8.42 Å². The van der Waals surface area contributed by atoms with E-state index in [9.17, 15) is 13.5 Å². The lowest BCUT2D eigenvalue weighted by Gasteiger charge is -2.33. The van der Waals surface area contributed by atoms with E-state index >= 15 is 0 Å². The molecule has 19 heteroatoms. The number of sulfone groups is 1. The van der Waals surface area contributed by atoms with Crippen LogP contribution in [-0.2, 0) is 14.6 Å². The number of nitrogens with one attached hydrogen (secondary N) is 2. The molecule has 0 spiro atoms. The van der Waals surface area contributed by atoms with E-state index in [1.165, 1.54) is 0 Å². The van der Waals surface area contributed by atoms with Gasteiger partial charge in [0.05, 0.1) is 40.2 Å². The highest BCUT2D eigenvalue weighted by Crippen LogP contribution is 2.50. The summed E-state index contributed by atoms with van der Waals surface area (Å²) in [5.74, 6) is 1.67. The number of aliphatic hydroxyl groups is 1. The molecule has 1 saturated heterocycles. The summed E-state index contributed by atoms with van der Waals surface area (Å²) in [4.78, 5) is 23.4. The maximum absolute atomic E-state index is 12.9. The Balaban J connectivity index is 1.41. The number of hydrogen-bond donors (Lipinski definition) is 3. The average molecular weight is 825 g/mol. The normalized spacial score (nSPS) is 16.4. The number of fused-ring (bicyclic) bond motifs is 1. The van der Waals surface area contributed by atoms with Crippen LogP contribution in [0.4, 0.5) is 23.3 Å². The molecule has 0 radical (unpaired) electrons. The molecule has 3 N–H and O–H groups in total. The van der Waals surface area contributed by atoms with Gasteiger partial charge in [0.2, 0.25) is 11.9 Å². The molecule has 2 aliphatic rings. The smallest absolute Gasteiger partial charge is 0.323 e. The third-order valence-corrected chi connectivity index (χ3v) is 11.0. The summed E-state index contributed by atoms with van der Waals surface area (Å²) in [6, 6.07) is 13.8. The molecule has 0 amide bonds. The number of aliphatic hydroxyl groups excluding tert-OH is 1. The Morgan fingerprint density at radius 1 is 1.00 bits per heavy atom. The van der Waals surface area contributed by atoms with Crippen LogP contribution in [0, 0.1) is 6.92 Å². The summed E-state index contributed by atoms with van der Waals surface area (Å²) < 4.78 is 50.7. The molecule has 0 saturated carbocycles. The fourth-order valence-corrected chi connectivity index (χ4v) is 7.37. The summed E-state index contributed by atoms with van der Waals surface area (Å²) in [5, 5.41) is 15.4. The molecule has 0 bridgehead atoms. The van der Waals surface area contributed by atoms with Crippen LogP contribution in [0.5, 0.6) is 17.5 Å². The zero-order valence-electron chi connectivity index (χ0n) is 32.9. The van der Waals surface area contributed by atoms with Crippen LogP contribution in [0.25, 0.3) is 0 Å². The Morgan fingerprint density at radius 3 is 2.45 bits per heavy atom. The molecule has 300 valence electrons. The van der Waals surface area contributed by atoms with Gasteiger partial charge >= 0.3 is 6.01 Å². The van der Waals surface area contributed by atoms with Gasteiger partial charge < -0.3 is 44.4 Å². The van der Waals surface area contributed by atoms with Gasteiger partial charge in [-0.2, -0.15) is 15.0 Å². The van der Waals surface area contributed by atoms with Crippen molar-refractivity contribution >= 4 is 59.6 Å². The number of aromatic nitrogens is 4. The van der Waals surface area contributed by atoms with E-state index in [4.69, 9.17) is 38.9 Å². The number of anilines is 4. The van der Waals surface area contributed by atoms with Crippen LogP contribution in [0.1, 0.15) is 57.0 Å². The Kier molecular flexibility index (Phi) is 12.4. The second-order valence-electron chi connectivity index (χ2n) is 15.4. The maximum Gasteiger partial charge on any atom is 0.323 e. The molecule has 15 nitrogen and oxygen atoms in total. The second kappa shape index (κ2) is 16.6. The van der Waals surface area contributed by atoms with Crippen LogP contribution in [-0.4, -0.2) is 108 Å². The number of benzene rings is 2. The molecule has 2 aliphatic heterocycles. The Bertz CT molecular complexity index is 2160. The lowest BCUT2D eigenvalue weighted by atomic mass is 9.98. The first kappa shape index (κ1) is 41.8. The van der Waals surface area contributed by atoms with E-state index < -0.39 is 32.4 Å². The van der Waals surface area contributed by atoms with Gasteiger partial charge in [-0.15, -0.1) is 0 Å². The van der Waals surface area contributed by atoms with Gasteiger partial charge in [-0.3, -0.25) is 4.98 Å². The number of rotatable bonds is 15. The summed E-state index contributed by atoms with van der Waals surface area (Å²) >= 11 is 0. The van der Waals surface area contributed by atoms with Gasteiger partial charge in [0, 0.05) is 50.8 Å². The maximum atomic E-state index is 12.9. The number of ether oxygens (including phenoxy) is 4. The SMILES string of the molecule is BN1CCN(c2nc(Nc3cc(S(C)(=O)=O)ccc3NC(c3cccc4c3OC(P)(P)O4)c3ncccc3C)nc(OC(C)(C)COC(C)(C)CCO)n2)CC1. The van der Waals surface area contributed by atoms with Crippen molar-refractivity contribution in [2.45, 2.75) is 68.4 Å². The predicted molar refractivity (Wildman–Crippen MR) is 226 cm³/mol. The minimum Gasteiger partial charge on any atom is -0.455 e. The number of nitrogens with zero attached hydrogens (tertiary/aromatic N) is 6. The molecule has 2 aromatic heterocycles. The van der Waals surface area contributed by atoms with Crippen molar-refractivity contribution in [2.75, 3.05) is 61.2 Å². The van der Waals surface area contributed by atoms with Crippen LogP contribution in [0.2, 0.25) is 0 Å². The second-order valence-corrected chi connectivity index (χ2v) is 19.7. The van der Waals surface area contributed by atoms with Crippen molar-refractivity contribution in [3.05, 3.63) is 71.5 Å². The molecule has 56 heavy (non-hydrogen) atoms. The molecule has 4 aromatic rings. The lowest BCUT2D eigenvalue weighted by Crippen LogP contribution is -2.46. The molecule has 2 aromatic carbocycles. The summed E-state index contributed by atoms with van der Waals surface area (Å²) in [6.07, 6.45) is 3.35. The van der Waals surface area contributed by atoms with Gasteiger partial charge in [0.25, 0.3) is 5.27 Å². The molecule has 3 atom stereocenters. The molecule has 0 aliphatic carbocycles. The first-order valence-corrected chi connectivity index (χ1v) is 21.4. The Morgan fingerprint density at radius 2 is 1.75 bits per heavy atom. The van der Waals surface area contributed by atoms with E-state index in [1.807, 2.05) is 65.0 Å². The quantitative estimate of drug-likeness (QED) is 0.116. The first-order chi connectivity index (χ1) is 26.3. The number of pyridine rings is 1. The minimum absolute atomic E-state index is 0.00298. The van der Waals surface area contributed by atoms with E-state index in [1.54, 1.807) is 24.4 Å². The van der Waals surface area contributed by atoms with Gasteiger partial charge in [0.1, 0.15) is 5.60 Å². The van der Waals surface area contributed by atoms with E-state index in [0.29, 0.717) is 48.3 Å². The highest BCUT2D eigenvalue weighted by Gasteiger charge is 2.37. The topological polar surface area (TPSA) is 173 Å². The van der Waals surface area contributed by atoms with E-state index in [-0.39, 0.29) is 30.1 Å². The Labute approximate surface area is 334 Å². The van der Waals surface area contributed by atoms with Gasteiger partial charge in [0.15, 0.2) is 29.3 Å². The molecule has 1 fully saturated rings. The third-order valence-electron chi connectivity index (χ3n) is 9.42. The Hall–Kier alpha value is -3.85. The average Bonchev–Trinajstić information content (AvgIpc) is 3.44. The van der Waals surface area contributed by atoms with Crippen LogP contribution < -0.4 is 29.7 Å². The standard InChI is InChI=1S/C37H51BN8O7P2S/c1-23-9-8-15-39-29(23)30(25-10-7-11-28-31(25)52-37(54,55)51-28)40-26-13-12-24(56(6,48)49)21-27(26)41-32-42-33(45-16-18-46(38)19-17-45)44-34(43-32)53-36(4,5)22-50-35(2,3)14-20-47/h7-13,15,21,30,40,47H,14,16-20,22,38,54-55H2,1-6H3,(H,41,42,43,44). The van der Waals surface area contributed by atoms with Crippen LogP contribution in [0.15, 0.2) is 59.6 Å². The lowest BCUT2D eigenvalue weighted by molar-refractivity contribution is -0.0911. The van der Waals surface area contributed by atoms with Crippen molar-refractivity contribution in [1.82, 2.24) is 24.7 Å². The summed E-state index contributed by atoms with van der Waals surface area (Å²) in [6.45, 7) is 12.7. The summed E-state index contributed by atoms with van der Waals surface area (Å²) in [5.41, 5.74) is 1.90. The predicted octanol–water partition coefficient (Wildman–Crippen LogP) is 4.06. The van der Waals surface area contributed by atoms with Crippen molar-refractivity contribution < 1.29 is 32.5 Å². The van der Waals surface area contributed by atoms with Crippen LogP contribution in [0.3, 0.4) is 0 Å². The molecule has 3 unspecified atom stereocenters. The minimum atomic E-state index is -3.62. The zero-order chi connectivity index (χ0) is 40.5. The number of aryl methyl sites for hydroxylation is 1. The highest BCUT2D eigenvalue weighted by atomic mass is 32.2. The van der Waals surface area contributed by atoms with Gasteiger partial charge in [-0.05, 0) is 95.4 Å². The first-order valence-electron chi connectivity index (χ1n) is 18.3. The fourth-order valence-electron chi connectivity index (χ4n) is 6.24. The van der Waals surface area contributed by atoms with E-state index in [0.717, 1.165) is 36.2 Å². The largest absolute Gasteiger partial charge is 0.455 e. The zero-order valence-corrected chi connectivity index (χ0v) is 36.0. The van der Waals surface area contributed by atoms with Crippen LogP contribution >= 0.6 is 18.5 Å². The van der Waals surface area contributed by atoms with Crippen molar-refractivity contribution in [3.63, 3.8) is 0 Å². The fraction of sp³-hybridized carbons (Fsp3) is 0.459. The van der Waals surface area contributed by atoms with Crippen molar-refractivity contribution in [1.29, 1.82) is 0 Å². The number of hydrogen-bond acceptors (Lipinski definition) is 15. The number of piperazine rings is 1. The van der Waals surface area contributed by atoms with Crippen molar-refractivity contribution in [2.24, 2.45) is 0 Å². The monoisotopic (exact) mass is 824 g/mol. The molecular formula is C37H51BN8O7P2S. The summed E-state index contributed by atoms with van der Waals surface area (Å²) in [7, 11) is 3.55. The van der Waals surface area contributed by atoms with E-state index in [2.05, 4.69) is 46.8 Å².